The van der Waals surface area contributed by atoms with E-state index >= 15 is 0 Å². The minimum Gasteiger partial charge on any atom is -0.494 e. The Labute approximate surface area is 116 Å². The molecule has 0 aliphatic heterocycles. The van der Waals surface area contributed by atoms with Crippen molar-refractivity contribution >= 4 is 5.78 Å². The number of hydrogen-bond donors (Lipinski definition) is 0. The van der Waals surface area contributed by atoms with Crippen LogP contribution in [0.2, 0.25) is 0 Å². The number of hydrogen-bond acceptors (Lipinski definition) is 2. The summed E-state index contributed by atoms with van der Waals surface area (Å²) >= 11 is 0. The standard InChI is InChI=1S/C16H14F2O2/c1-20-15-8-4-6-12(16(15)18)10-13(19)9-11-5-2-3-7-14(11)17/h2-8H,9-10H2,1H3. The van der Waals surface area contributed by atoms with Gasteiger partial charge in [-0.3, -0.25) is 4.79 Å². The van der Waals surface area contributed by atoms with Gasteiger partial charge in [-0.2, -0.15) is 0 Å². The monoisotopic (exact) mass is 276 g/mol. The highest BCUT2D eigenvalue weighted by Crippen LogP contribution is 2.21. The highest BCUT2D eigenvalue weighted by Gasteiger charge is 2.13. The Morgan fingerprint density at radius 3 is 2.35 bits per heavy atom. The summed E-state index contributed by atoms with van der Waals surface area (Å²) in [5, 5.41) is 0. The van der Waals surface area contributed by atoms with Crippen LogP contribution in [-0.2, 0) is 17.6 Å². The van der Waals surface area contributed by atoms with Gasteiger partial charge in [0.2, 0.25) is 0 Å². The molecule has 2 rings (SSSR count). The topological polar surface area (TPSA) is 26.3 Å². The second-order valence-corrected chi connectivity index (χ2v) is 4.42. The zero-order valence-electron chi connectivity index (χ0n) is 11.0. The van der Waals surface area contributed by atoms with Crippen molar-refractivity contribution in [1.29, 1.82) is 0 Å². The highest BCUT2D eigenvalue weighted by molar-refractivity contribution is 5.83. The van der Waals surface area contributed by atoms with E-state index in [1.807, 2.05) is 0 Å². The minimum absolute atomic E-state index is 0.0523. The van der Waals surface area contributed by atoms with E-state index in [0.717, 1.165) is 0 Å². The maximum Gasteiger partial charge on any atom is 0.168 e. The van der Waals surface area contributed by atoms with E-state index in [9.17, 15) is 13.6 Å². The Hall–Kier alpha value is -2.23. The third-order valence-corrected chi connectivity index (χ3v) is 3.00. The van der Waals surface area contributed by atoms with Gasteiger partial charge in [-0.25, -0.2) is 8.78 Å². The van der Waals surface area contributed by atoms with E-state index in [-0.39, 0.29) is 29.9 Å². The fourth-order valence-corrected chi connectivity index (χ4v) is 1.98. The molecule has 0 radical (unpaired) electrons. The minimum atomic E-state index is -0.545. The molecule has 0 spiro atoms. The lowest BCUT2D eigenvalue weighted by Crippen LogP contribution is -2.09. The fraction of sp³-hybridized carbons (Fsp3) is 0.188. The zero-order chi connectivity index (χ0) is 14.5. The summed E-state index contributed by atoms with van der Waals surface area (Å²) in [4.78, 5) is 11.9. The van der Waals surface area contributed by atoms with Crippen LogP contribution in [0, 0.1) is 11.6 Å². The summed E-state index contributed by atoms with van der Waals surface area (Å²) < 4.78 is 32.2. The Kier molecular flexibility index (Phi) is 4.45. The highest BCUT2D eigenvalue weighted by atomic mass is 19.1. The van der Waals surface area contributed by atoms with Gasteiger partial charge in [0.25, 0.3) is 0 Å². The summed E-state index contributed by atoms with van der Waals surface area (Å²) in [5.41, 5.74) is 0.575. The number of Topliss-reactive ketones (excluding diaryl/α,β-unsaturated/α-hetero) is 1. The van der Waals surface area contributed by atoms with Crippen molar-refractivity contribution in [2.75, 3.05) is 7.11 Å². The molecule has 4 heteroatoms. The molecule has 0 N–H and O–H groups in total. The number of carbonyl (C=O) groups is 1. The lowest BCUT2D eigenvalue weighted by molar-refractivity contribution is -0.117. The Morgan fingerprint density at radius 2 is 1.65 bits per heavy atom. The molecule has 2 aromatic carbocycles. The van der Waals surface area contributed by atoms with Crippen LogP contribution in [0.5, 0.6) is 5.75 Å². The third kappa shape index (κ3) is 3.20. The maximum absolute atomic E-state index is 13.9. The van der Waals surface area contributed by atoms with Gasteiger partial charge in [-0.1, -0.05) is 30.3 Å². The Balaban J connectivity index is 2.11. The zero-order valence-corrected chi connectivity index (χ0v) is 11.0. The van der Waals surface area contributed by atoms with Crippen molar-refractivity contribution < 1.29 is 18.3 Å². The van der Waals surface area contributed by atoms with Crippen molar-refractivity contribution in [2.45, 2.75) is 12.8 Å². The molecule has 0 unspecified atom stereocenters. The Bertz CT molecular complexity index is 624. The number of rotatable bonds is 5. The number of halogens is 2. The van der Waals surface area contributed by atoms with Gasteiger partial charge in [0, 0.05) is 12.8 Å². The average molecular weight is 276 g/mol. The van der Waals surface area contributed by atoms with Crippen LogP contribution in [0.25, 0.3) is 0 Å². The number of carbonyl (C=O) groups excluding carboxylic acids is 1. The van der Waals surface area contributed by atoms with E-state index in [4.69, 9.17) is 4.74 Å². The molecular formula is C16H14F2O2. The van der Waals surface area contributed by atoms with Crippen molar-refractivity contribution in [3.05, 3.63) is 65.2 Å². The molecule has 0 amide bonds. The molecule has 0 bridgehead atoms. The molecule has 20 heavy (non-hydrogen) atoms. The molecule has 0 saturated carbocycles. The molecule has 0 fully saturated rings. The second kappa shape index (κ2) is 6.28. The van der Waals surface area contributed by atoms with Crippen LogP contribution < -0.4 is 4.74 Å². The van der Waals surface area contributed by atoms with Gasteiger partial charge in [0.15, 0.2) is 11.6 Å². The number of ether oxygens (including phenoxy) is 1. The molecule has 0 atom stereocenters. The first-order valence-electron chi connectivity index (χ1n) is 6.18. The molecule has 0 aliphatic carbocycles. The van der Waals surface area contributed by atoms with E-state index < -0.39 is 11.6 Å². The predicted molar refractivity (Wildman–Crippen MR) is 71.8 cm³/mol. The predicted octanol–water partition coefficient (Wildman–Crippen LogP) is 3.33. The van der Waals surface area contributed by atoms with Crippen LogP contribution in [0.3, 0.4) is 0 Å². The van der Waals surface area contributed by atoms with Gasteiger partial charge < -0.3 is 4.74 Å². The molecule has 0 aliphatic rings. The van der Waals surface area contributed by atoms with E-state index in [2.05, 4.69) is 0 Å². The van der Waals surface area contributed by atoms with Gasteiger partial charge in [-0.05, 0) is 23.3 Å². The number of ketones is 1. The van der Waals surface area contributed by atoms with E-state index in [1.165, 1.54) is 25.3 Å². The van der Waals surface area contributed by atoms with Gasteiger partial charge in [-0.15, -0.1) is 0 Å². The molecule has 2 aromatic rings. The fourth-order valence-electron chi connectivity index (χ4n) is 1.98. The van der Waals surface area contributed by atoms with Gasteiger partial charge in [0.1, 0.15) is 11.6 Å². The van der Waals surface area contributed by atoms with Gasteiger partial charge >= 0.3 is 0 Å². The molecular weight excluding hydrogens is 262 g/mol. The molecule has 0 aromatic heterocycles. The van der Waals surface area contributed by atoms with Crippen molar-refractivity contribution in [3.63, 3.8) is 0 Å². The third-order valence-electron chi connectivity index (χ3n) is 3.00. The average Bonchev–Trinajstić information content (AvgIpc) is 2.44. The first kappa shape index (κ1) is 14.2. The van der Waals surface area contributed by atoms with Crippen molar-refractivity contribution in [3.8, 4) is 5.75 Å². The summed E-state index contributed by atoms with van der Waals surface area (Å²) in [6, 6.07) is 10.7. The summed E-state index contributed by atoms with van der Waals surface area (Å²) in [5.74, 6) is -1.12. The maximum atomic E-state index is 13.9. The first-order valence-corrected chi connectivity index (χ1v) is 6.18. The quantitative estimate of drug-likeness (QED) is 0.837. The van der Waals surface area contributed by atoms with Gasteiger partial charge in [0.05, 0.1) is 7.11 Å². The smallest absolute Gasteiger partial charge is 0.168 e. The summed E-state index contributed by atoms with van der Waals surface area (Å²) in [7, 11) is 1.36. The van der Waals surface area contributed by atoms with Crippen LogP contribution in [-0.4, -0.2) is 12.9 Å². The second-order valence-electron chi connectivity index (χ2n) is 4.42. The van der Waals surface area contributed by atoms with Crippen LogP contribution >= 0.6 is 0 Å². The SMILES string of the molecule is COc1cccc(CC(=O)Cc2ccccc2F)c1F. The molecule has 0 saturated heterocycles. The molecule has 104 valence electrons. The van der Waals surface area contributed by atoms with E-state index in [1.54, 1.807) is 24.3 Å². The van der Waals surface area contributed by atoms with Crippen LogP contribution in [0.15, 0.2) is 42.5 Å². The lowest BCUT2D eigenvalue weighted by Gasteiger charge is -2.07. The normalized spacial score (nSPS) is 10.3. The number of benzene rings is 2. The summed E-state index contributed by atoms with van der Waals surface area (Å²) in [6.07, 6.45) is -0.138. The molecule has 2 nitrogen and oxygen atoms in total. The van der Waals surface area contributed by atoms with Crippen molar-refractivity contribution in [2.24, 2.45) is 0 Å². The van der Waals surface area contributed by atoms with Crippen molar-refractivity contribution in [1.82, 2.24) is 0 Å². The first-order chi connectivity index (χ1) is 9.61. The number of methoxy groups -OCH3 is 1. The lowest BCUT2D eigenvalue weighted by atomic mass is 10.0. The molecule has 0 heterocycles. The largest absolute Gasteiger partial charge is 0.494 e. The Morgan fingerprint density at radius 1 is 1.00 bits per heavy atom. The summed E-state index contributed by atoms with van der Waals surface area (Å²) in [6.45, 7) is 0. The van der Waals surface area contributed by atoms with E-state index in [0.29, 0.717) is 5.56 Å². The van der Waals surface area contributed by atoms with Crippen LogP contribution in [0.4, 0.5) is 8.78 Å². The van der Waals surface area contributed by atoms with Crippen LogP contribution in [0.1, 0.15) is 11.1 Å².